The molecule has 0 aromatic heterocycles. The smallest absolute Gasteiger partial charge is 0.270 e. The molecule has 0 radical (unpaired) electrons. The number of nitrogens with zero attached hydrogens (tertiary/aromatic N) is 2. The van der Waals surface area contributed by atoms with Crippen LogP contribution in [0.25, 0.3) is 11.1 Å². The third kappa shape index (κ3) is 6.02. The van der Waals surface area contributed by atoms with E-state index in [-0.39, 0.29) is 24.4 Å². The van der Waals surface area contributed by atoms with Crippen LogP contribution in [-0.4, -0.2) is 69.0 Å². The average molecular weight is 459 g/mol. The molecule has 172 valence electrons. The zero-order valence-electron chi connectivity index (χ0n) is 18.4. The maximum atomic E-state index is 12.9. The molecule has 2 aromatic rings. The van der Waals surface area contributed by atoms with Crippen LogP contribution in [0.1, 0.15) is 12.0 Å². The van der Waals surface area contributed by atoms with Crippen LogP contribution in [0.3, 0.4) is 0 Å². The van der Waals surface area contributed by atoms with Crippen LogP contribution in [0.15, 0.2) is 65.1 Å². The van der Waals surface area contributed by atoms with E-state index in [0.29, 0.717) is 5.57 Å². The lowest BCUT2D eigenvalue weighted by atomic mass is 10.0. The third-order valence-electron chi connectivity index (χ3n) is 5.41. The average Bonchev–Trinajstić information content (AvgIpc) is 2.82. The van der Waals surface area contributed by atoms with Gasteiger partial charge in [-0.15, -0.1) is 0 Å². The number of rotatable bonds is 9. The predicted octanol–water partition coefficient (Wildman–Crippen LogP) is 1.83. The minimum Gasteiger partial charge on any atom is -0.311 e. The summed E-state index contributed by atoms with van der Waals surface area (Å²) in [6.45, 7) is 3.00. The van der Waals surface area contributed by atoms with E-state index in [9.17, 15) is 13.2 Å². The van der Waals surface area contributed by atoms with Crippen molar-refractivity contribution in [2.24, 2.45) is 0 Å². The number of sulfonamides is 1. The van der Waals surface area contributed by atoms with Crippen molar-refractivity contribution < 1.29 is 18.4 Å². The van der Waals surface area contributed by atoms with Gasteiger partial charge >= 0.3 is 0 Å². The van der Waals surface area contributed by atoms with Crippen LogP contribution in [-0.2, 0) is 21.4 Å². The Kier molecular flexibility index (Phi) is 8.16. The van der Waals surface area contributed by atoms with E-state index in [1.165, 1.54) is 15.9 Å². The number of amides is 1. The van der Waals surface area contributed by atoms with Gasteiger partial charge in [0, 0.05) is 38.3 Å². The Morgan fingerprint density at radius 1 is 1.06 bits per heavy atom. The molecule has 0 bridgehead atoms. The first-order valence-corrected chi connectivity index (χ1v) is 11.9. The van der Waals surface area contributed by atoms with Gasteiger partial charge in [-0.2, -0.15) is 4.31 Å². The molecule has 8 nitrogen and oxygen atoms in total. The molecule has 1 aliphatic heterocycles. The molecular formula is C23H30N4O4S. The Morgan fingerprint density at radius 3 is 2.22 bits per heavy atom. The summed E-state index contributed by atoms with van der Waals surface area (Å²) in [5.74, 6) is -0.596. The van der Waals surface area contributed by atoms with E-state index < -0.39 is 15.9 Å². The third-order valence-corrected chi connectivity index (χ3v) is 7.29. The lowest BCUT2D eigenvalue weighted by Gasteiger charge is -2.25. The molecule has 1 amide bonds. The number of hydroxylamine groups is 1. The fourth-order valence-electron chi connectivity index (χ4n) is 3.47. The van der Waals surface area contributed by atoms with Crippen molar-refractivity contribution in [1.29, 1.82) is 0 Å². The second-order valence-corrected chi connectivity index (χ2v) is 9.92. The van der Waals surface area contributed by atoms with Gasteiger partial charge in [0.2, 0.25) is 10.0 Å². The molecule has 1 heterocycles. The van der Waals surface area contributed by atoms with Crippen molar-refractivity contribution in [2.75, 3.05) is 40.3 Å². The lowest BCUT2D eigenvalue weighted by molar-refractivity contribution is -0.125. The van der Waals surface area contributed by atoms with E-state index in [4.69, 9.17) is 5.21 Å². The first-order chi connectivity index (χ1) is 15.3. The maximum Gasteiger partial charge on any atom is 0.270 e. The van der Waals surface area contributed by atoms with Crippen LogP contribution >= 0.6 is 0 Å². The molecule has 3 N–H and O–H groups in total. The first-order valence-electron chi connectivity index (χ1n) is 10.5. The summed E-state index contributed by atoms with van der Waals surface area (Å²) in [7, 11) is 0.434. The van der Waals surface area contributed by atoms with Crippen LogP contribution in [0.2, 0.25) is 0 Å². The summed E-state index contributed by atoms with van der Waals surface area (Å²) in [5, 5.41) is 12.1. The van der Waals surface area contributed by atoms with E-state index in [1.54, 1.807) is 17.6 Å². The molecule has 1 aliphatic rings. The number of hydrogen-bond acceptors (Lipinski definition) is 6. The Hall–Kier alpha value is -2.56. The minimum atomic E-state index is -3.66. The van der Waals surface area contributed by atoms with Crippen LogP contribution in [0, 0.1) is 0 Å². The second-order valence-electron chi connectivity index (χ2n) is 7.98. The number of nitrogens with one attached hydrogen (secondary N) is 2. The summed E-state index contributed by atoms with van der Waals surface area (Å²) >= 11 is 0. The van der Waals surface area contributed by atoms with Gasteiger partial charge in [0.1, 0.15) is 0 Å². The molecule has 0 saturated heterocycles. The van der Waals surface area contributed by atoms with Crippen molar-refractivity contribution in [3.05, 3.63) is 65.7 Å². The monoisotopic (exact) mass is 458 g/mol. The number of carbonyl (C=O) groups is 1. The summed E-state index contributed by atoms with van der Waals surface area (Å²) in [6, 6.07) is 15.1. The van der Waals surface area contributed by atoms with Crippen LogP contribution < -0.4 is 10.8 Å². The van der Waals surface area contributed by atoms with E-state index in [2.05, 4.69) is 22.3 Å². The molecule has 3 rings (SSSR count). The number of benzene rings is 2. The van der Waals surface area contributed by atoms with Gasteiger partial charge in [-0.1, -0.05) is 42.5 Å². The van der Waals surface area contributed by atoms with Crippen LogP contribution in [0.5, 0.6) is 0 Å². The molecule has 0 unspecified atom stereocenters. The van der Waals surface area contributed by atoms with Gasteiger partial charge < -0.3 is 10.2 Å². The normalized spacial score (nSPS) is 14.9. The highest BCUT2D eigenvalue weighted by molar-refractivity contribution is 7.89. The second kappa shape index (κ2) is 10.8. The molecule has 0 fully saturated rings. The van der Waals surface area contributed by atoms with Gasteiger partial charge in [-0.05, 0) is 49.3 Å². The SMILES string of the molecule is CN(C)CCNCc1ccc(-c2ccc(S(=O)(=O)N3CC=C(C(=O)NO)CC3)cc2)cc1. The zero-order valence-corrected chi connectivity index (χ0v) is 19.2. The van der Waals surface area contributed by atoms with E-state index in [1.807, 2.05) is 38.4 Å². The van der Waals surface area contributed by atoms with E-state index >= 15 is 0 Å². The molecule has 0 aliphatic carbocycles. The maximum absolute atomic E-state index is 12.9. The Balaban J connectivity index is 1.63. The molecular weight excluding hydrogens is 428 g/mol. The Morgan fingerprint density at radius 2 is 1.69 bits per heavy atom. The van der Waals surface area contributed by atoms with Crippen molar-refractivity contribution >= 4 is 15.9 Å². The topological polar surface area (TPSA) is 102 Å². The standard InChI is InChI=1S/C23H30N4O4S/c1-26(2)16-13-24-17-18-3-5-19(6-4-18)20-7-9-22(10-8-20)32(30,31)27-14-11-21(12-15-27)23(28)25-29/h3-11,24,29H,12-17H2,1-2H3,(H,25,28). The highest BCUT2D eigenvalue weighted by Crippen LogP contribution is 2.25. The highest BCUT2D eigenvalue weighted by Gasteiger charge is 2.27. The van der Waals surface area contributed by atoms with Gasteiger partial charge in [-0.3, -0.25) is 10.0 Å². The van der Waals surface area contributed by atoms with Crippen molar-refractivity contribution in [3.63, 3.8) is 0 Å². The Bertz CT molecular complexity index is 1050. The molecule has 0 atom stereocenters. The molecule has 0 spiro atoms. The van der Waals surface area contributed by atoms with Gasteiger partial charge in [0.05, 0.1) is 4.90 Å². The van der Waals surface area contributed by atoms with Gasteiger partial charge in [-0.25, -0.2) is 13.9 Å². The van der Waals surface area contributed by atoms with Gasteiger partial charge in [0.25, 0.3) is 5.91 Å². The molecule has 0 saturated carbocycles. The van der Waals surface area contributed by atoms with Crippen molar-refractivity contribution in [1.82, 2.24) is 20.0 Å². The predicted molar refractivity (Wildman–Crippen MR) is 124 cm³/mol. The largest absolute Gasteiger partial charge is 0.311 e. The summed E-state index contributed by atoms with van der Waals surface area (Å²) in [5.41, 5.74) is 5.12. The van der Waals surface area contributed by atoms with Crippen molar-refractivity contribution in [2.45, 2.75) is 17.9 Å². The molecule has 2 aromatic carbocycles. The Labute approximate surface area is 189 Å². The zero-order chi connectivity index (χ0) is 23.1. The number of carbonyl (C=O) groups excluding carboxylic acids is 1. The summed E-state index contributed by atoms with van der Waals surface area (Å²) < 4.78 is 27.2. The summed E-state index contributed by atoms with van der Waals surface area (Å²) in [6.07, 6.45) is 1.78. The van der Waals surface area contributed by atoms with Crippen LogP contribution in [0.4, 0.5) is 0 Å². The van der Waals surface area contributed by atoms with Crippen molar-refractivity contribution in [3.8, 4) is 11.1 Å². The summed E-state index contributed by atoms with van der Waals surface area (Å²) in [4.78, 5) is 13.8. The van der Waals surface area contributed by atoms with Gasteiger partial charge in [0.15, 0.2) is 0 Å². The fraction of sp³-hybridized carbons (Fsp3) is 0.348. The first kappa shape index (κ1) is 24.1. The molecule has 32 heavy (non-hydrogen) atoms. The lowest BCUT2D eigenvalue weighted by Crippen LogP contribution is -2.37. The van der Waals surface area contributed by atoms with E-state index in [0.717, 1.165) is 30.8 Å². The molecule has 9 heteroatoms. The minimum absolute atomic E-state index is 0.0941. The highest BCUT2D eigenvalue weighted by atomic mass is 32.2. The number of hydrogen-bond donors (Lipinski definition) is 3. The fourth-order valence-corrected chi connectivity index (χ4v) is 4.85. The number of likely N-dealkylation sites (N-methyl/N-ethyl adjacent to an activating group) is 1. The quantitative estimate of drug-likeness (QED) is 0.301.